The zero-order valence-corrected chi connectivity index (χ0v) is 15.0. The molecule has 0 atom stereocenters. The fraction of sp³-hybridized carbons (Fsp3) is 0.500. The summed E-state index contributed by atoms with van der Waals surface area (Å²) in [5.41, 5.74) is 2.30. The van der Waals surface area contributed by atoms with Crippen LogP contribution in [0.25, 0.3) is 10.9 Å². The molecular formula is C20H28N4. The fourth-order valence-electron chi connectivity index (χ4n) is 3.65. The molecular weight excluding hydrogens is 296 g/mol. The van der Waals surface area contributed by atoms with E-state index >= 15 is 0 Å². The van der Waals surface area contributed by atoms with Gasteiger partial charge in [-0.1, -0.05) is 17.7 Å². The van der Waals surface area contributed by atoms with Gasteiger partial charge >= 0.3 is 0 Å². The van der Waals surface area contributed by atoms with E-state index in [1.807, 2.05) is 26.2 Å². The highest BCUT2D eigenvalue weighted by Crippen LogP contribution is 2.31. The highest BCUT2D eigenvalue weighted by molar-refractivity contribution is 5.90. The van der Waals surface area contributed by atoms with Gasteiger partial charge in [-0.05, 0) is 57.1 Å². The highest BCUT2D eigenvalue weighted by atomic mass is 15.2. The van der Waals surface area contributed by atoms with E-state index in [-0.39, 0.29) is 0 Å². The Hall–Kier alpha value is -2.10. The van der Waals surface area contributed by atoms with Gasteiger partial charge in [0.05, 0.1) is 5.52 Å². The molecule has 4 nitrogen and oxygen atoms in total. The van der Waals surface area contributed by atoms with Crippen molar-refractivity contribution in [3.8, 4) is 0 Å². The Kier molecular flexibility index (Phi) is 5.03. The van der Waals surface area contributed by atoms with Gasteiger partial charge in [0.1, 0.15) is 5.82 Å². The summed E-state index contributed by atoms with van der Waals surface area (Å²) < 4.78 is 0. The summed E-state index contributed by atoms with van der Waals surface area (Å²) in [5, 5.41) is 4.67. The molecule has 0 spiro atoms. The third-order valence-corrected chi connectivity index (χ3v) is 4.82. The average Bonchev–Trinajstić information content (AvgIpc) is 2.55. The minimum absolute atomic E-state index is 0.475. The summed E-state index contributed by atoms with van der Waals surface area (Å²) in [6.07, 6.45) is 6.07. The van der Waals surface area contributed by atoms with Crippen molar-refractivity contribution in [1.29, 1.82) is 0 Å². The lowest BCUT2D eigenvalue weighted by atomic mass is 9.83. The van der Waals surface area contributed by atoms with Crippen LogP contribution >= 0.6 is 0 Å². The molecule has 4 heteroatoms. The third-order valence-electron chi connectivity index (χ3n) is 4.82. The molecule has 1 saturated carbocycles. The Morgan fingerprint density at radius 2 is 1.88 bits per heavy atom. The number of allylic oxidation sites excluding steroid dienone is 1. The Labute approximate surface area is 145 Å². The van der Waals surface area contributed by atoms with Gasteiger partial charge in [0, 0.05) is 25.5 Å². The molecule has 1 N–H and O–H groups in total. The Bertz CT molecular complexity index is 715. The first-order valence-electron chi connectivity index (χ1n) is 8.88. The van der Waals surface area contributed by atoms with E-state index in [1.54, 1.807) is 0 Å². The number of fused-ring (bicyclic) bond motifs is 1. The van der Waals surface area contributed by atoms with E-state index < -0.39 is 0 Å². The SMILES string of the molecule is C=C(C)CC1CCC(Nc2nc(N(C)C)c3ccccc3n2)CC1. The molecule has 1 heterocycles. The normalized spacial score (nSPS) is 20.8. The molecule has 0 bridgehead atoms. The van der Waals surface area contributed by atoms with Gasteiger partial charge in [-0.3, -0.25) is 0 Å². The van der Waals surface area contributed by atoms with Crippen LogP contribution in [0, 0.1) is 5.92 Å². The zero-order chi connectivity index (χ0) is 17.1. The fourth-order valence-corrected chi connectivity index (χ4v) is 3.65. The summed E-state index contributed by atoms with van der Waals surface area (Å²) in [6, 6.07) is 8.68. The summed E-state index contributed by atoms with van der Waals surface area (Å²) in [6.45, 7) is 6.19. The Balaban J connectivity index is 1.73. The van der Waals surface area contributed by atoms with Crippen LogP contribution < -0.4 is 10.2 Å². The molecule has 1 aliphatic rings. The van der Waals surface area contributed by atoms with Crippen LogP contribution in [0.5, 0.6) is 0 Å². The minimum Gasteiger partial charge on any atom is -0.362 e. The lowest BCUT2D eigenvalue weighted by Crippen LogP contribution is -2.27. The second-order valence-corrected chi connectivity index (χ2v) is 7.31. The Morgan fingerprint density at radius 3 is 2.54 bits per heavy atom. The third kappa shape index (κ3) is 3.86. The van der Waals surface area contributed by atoms with Gasteiger partial charge in [0.15, 0.2) is 0 Å². The second-order valence-electron chi connectivity index (χ2n) is 7.31. The molecule has 0 aliphatic heterocycles. The first-order valence-corrected chi connectivity index (χ1v) is 8.88. The van der Waals surface area contributed by atoms with Crippen LogP contribution in [0.3, 0.4) is 0 Å². The van der Waals surface area contributed by atoms with Crippen molar-refractivity contribution in [2.45, 2.75) is 45.1 Å². The largest absolute Gasteiger partial charge is 0.362 e. The number of aromatic nitrogens is 2. The maximum absolute atomic E-state index is 4.75. The molecule has 0 unspecified atom stereocenters. The predicted molar refractivity (Wildman–Crippen MR) is 103 cm³/mol. The lowest BCUT2D eigenvalue weighted by molar-refractivity contribution is 0.335. The first-order chi connectivity index (χ1) is 11.5. The molecule has 1 aliphatic carbocycles. The number of para-hydroxylation sites is 1. The maximum Gasteiger partial charge on any atom is 0.225 e. The summed E-state index contributed by atoms with van der Waals surface area (Å²) in [4.78, 5) is 11.5. The average molecular weight is 324 g/mol. The summed E-state index contributed by atoms with van der Waals surface area (Å²) in [5.74, 6) is 2.52. The predicted octanol–water partition coefficient (Wildman–Crippen LogP) is 4.63. The number of nitrogens with zero attached hydrogens (tertiary/aromatic N) is 3. The molecule has 2 aromatic rings. The maximum atomic E-state index is 4.75. The smallest absolute Gasteiger partial charge is 0.225 e. The van der Waals surface area contributed by atoms with Crippen molar-refractivity contribution in [1.82, 2.24) is 9.97 Å². The molecule has 0 radical (unpaired) electrons. The summed E-state index contributed by atoms with van der Waals surface area (Å²) >= 11 is 0. The Morgan fingerprint density at radius 1 is 1.17 bits per heavy atom. The number of rotatable bonds is 5. The van der Waals surface area contributed by atoms with Crippen molar-refractivity contribution >= 4 is 22.7 Å². The standard InChI is InChI=1S/C20H28N4/c1-14(2)13-15-9-11-16(12-10-15)21-20-22-18-8-6-5-7-17(18)19(23-20)24(3)4/h5-8,15-16H,1,9-13H2,2-4H3,(H,21,22,23). The van der Waals surface area contributed by atoms with Crippen molar-refractivity contribution in [2.24, 2.45) is 5.92 Å². The quantitative estimate of drug-likeness (QED) is 0.814. The lowest BCUT2D eigenvalue weighted by Gasteiger charge is -2.29. The van der Waals surface area contributed by atoms with Crippen LogP contribution in [-0.4, -0.2) is 30.1 Å². The van der Waals surface area contributed by atoms with Crippen LogP contribution in [0.4, 0.5) is 11.8 Å². The highest BCUT2D eigenvalue weighted by Gasteiger charge is 2.22. The number of benzene rings is 1. The second kappa shape index (κ2) is 7.20. The summed E-state index contributed by atoms with van der Waals surface area (Å²) in [7, 11) is 4.06. The van der Waals surface area contributed by atoms with Crippen molar-refractivity contribution in [3.63, 3.8) is 0 Å². The first kappa shape index (κ1) is 16.7. The molecule has 1 aromatic carbocycles. The van der Waals surface area contributed by atoms with Crippen molar-refractivity contribution in [3.05, 3.63) is 36.4 Å². The van der Waals surface area contributed by atoms with Gasteiger partial charge in [0.2, 0.25) is 5.95 Å². The van der Waals surface area contributed by atoms with Gasteiger partial charge in [-0.2, -0.15) is 4.98 Å². The monoisotopic (exact) mass is 324 g/mol. The van der Waals surface area contributed by atoms with Gasteiger partial charge in [-0.25, -0.2) is 4.98 Å². The van der Waals surface area contributed by atoms with Gasteiger partial charge < -0.3 is 10.2 Å². The topological polar surface area (TPSA) is 41.1 Å². The van der Waals surface area contributed by atoms with Crippen LogP contribution in [0.1, 0.15) is 39.0 Å². The van der Waals surface area contributed by atoms with E-state index in [2.05, 4.69) is 35.9 Å². The van der Waals surface area contributed by atoms with E-state index in [0.717, 1.165) is 28.6 Å². The number of hydrogen-bond acceptors (Lipinski definition) is 4. The number of anilines is 2. The molecule has 0 amide bonds. The van der Waals surface area contributed by atoms with Crippen molar-refractivity contribution < 1.29 is 0 Å². The van der Waals surface area contributed by atoms with Crippen molar-refractivity contribution in [2.75, 3.05) is 24.3 Å². The molecule has 128 valence electrons. The minimum atomic E-state index is 0.475. The molecule has 3 rings (SSSR count). The molecule has 0 saturated heterocycles. The van der Waals surface area contributed by atoms with Gasteiger partial charge in [-0.15, -0.1) is 6.58 Å². The molecule has 1 aromatic heterocycles. The van der Waals surface area contributed by atoms with Crippen LogP contribution in [0.2, 0.25) is 0 Å². The number of nitrogens with one attached hydrogen (secondary N) is 1. The molecule has 24 heavy (non-hydrogen) atoms. The molecule has 1 fully saturated rings. The van der Waals surface area contributed by atoms with E-state index in [0.29, 0.717) is 6.04 Å². The van der Waals surface area contributed by atoms with Crippen LogP contribution in [0.15, 0.2) is 36.4 Å². The van der Waals surface area contributed by atoms with Crippen LogP contribution in [-0.2, 0) is 0 Å². The van der Waals surface area contributed by atoms with E-state index in [4.69, 9.17) is 9.97 Å². The van der Waals surface area contributed by atoms with E-state index in [1.165, 1.54) is 37.7 Å². The van der Waals surface area contributed by atoms with Gasteiger partial charge in [0.25, 0.3) is 0 Å². The number of hydrogen-bond donors (Lipinski definition) is 1. The zero-order valence-electron chi connectivity index (χ0n) is 15.0. The van der Waals surface area contributed by atoms with E-state index in [9.17, 15) is 0 Å².